The van der Waals surface area contributed by atoms with Gasteiger partial charge in [-0.2, -0.15) is 4.98 Å². The van der Waals surface area contributed by atoms with Crippen LogP contribution in [0, 0.1) is 0 Å². The minimum atomic E-state index is 0.0971. The summed E-state index contributed by atoms with van der Waals surface area (Å²) in [6.07, 6.45) is 2.90. The van der Waals surface area contributed by atoms with E-state index in [-0.39, 0.29) is 11.8 Å². The molecule has 1 amide bonds. The molecular weight excluding hydrogens is 344 g/mol. The number of carbonyl (C=O) groups excluding carboxylic acids is 1. The zero-order chi connectivity index (χ0) is 18.6. The molecule has 138 valence electrons. The van der Waals surface area contributed by atoms with Crippen molar-refractivity contribution >= 4 is 5.91 Å². The number of hydrogen-bond acceptors (Lipinski definition) is 6. The Morgan fingerprint density at radius 2 is 2.04 bits per heavy atom. The van der Waals surface area contributed by atoms with Gasteiger partial charge >= 0.3 is 0 Å². The molecule has 0 atom stereocenters. The number of aryl methyl sites for hydroxylation is 1. The Labute approximate surface area is 157 Å². The summed E-state index contributed by atoms with van der Waals surface area (Å²) in [7, 11) is 1.64. The van der Waals surface area contributed by atoms with Gasteiger partial charge < -0.3 is 14.2 Å². The van der Waals surface area contributed by atoms with E-state index in [1.165, 1.54) is 0 Å². The Morgan fingerprint density at radius 1 is 1.22 bits per heavy atom. The van der Waals surface area contributed by atoms with Crippen molar-refractivity contribution in [2.75, 3.05) is 20.2 Å². The molecular formula is C20H20N4O3. The van der Waals surface area contributed by atoms with Crippen molar-refractivity contribution in [3.63, 3.8) is 0 Å². The molecule has 3 heterocycles. The molecule has 3 aromatic rings. The van der Waals surface area contributed by atoms with Crippen molar-refractivity contribution < 1.29 is 14.1 Å². The van der Waals surface area contributed by atoms with E-state index in [2.05, 4.69) is 15.1 Å². The molecule has 0 saturated carbocycles. The molecule has 0 unspecified atom stereocenters. The third-order valence-electron chi connectivity index (χ3n) is 4.71. The fraction of sp³-hybridized carbons (Fsp3) is 0.300. The van der Waals surface area contributed by atoms with Crippen LogP contribution < -0.4 is 4.74 Å². The molecule has 0 spiro atoms. The number of aromatic nitrogens is 3. The van der Waals surface area contributed by atoms with E-state index in [4.69, 9.17) is 9.26 Å². The van der Waals surface area contributed by atoms with Gasteiger partial charge in [0.15, 0.2) is 0 Å². The van der Waals surface area contributed by atoms with E-state index in [1.54, 1.807) is 13.3 Å². The van der Waals surface area contributed by atoms with Gasteiger partial charge in [-0.25, -0.2) is 0 Å². The van der Waals surface area contributed by atoms with Crippen LogP contribution in [0.1, 0.15) is 23.8 Å². The molecule has 7 nitrogen and oxygen atoms in total. The lowest BCUT2D eigenvalue weighted by Crippen LogP contribution is -2.48. The molecule has 0 radical (unpaired) electrons. The molecule has 1 fully saturated rings. The summed E-state index contributed by atoms with van der Waals surface area (Å²) < 4.78 is 10.5. The van der Waals surface area contributed by atoms with Crippen LogP contribution in [0.5, 0.6) is 5.75 Å². The van der Waals surface area contributed by atoms with Crippen molar-refractivity contribution in [1.82, 2.24) is 20.0 Å². The second-order valence-electron chi connectivity index (χ2n) is 6.51. The zero-order valence-electron chi connectivity index (χ0n) is 15.0. The highest BCUT2D eigenvalue weighted by atomic mass is 16.5. The molecule has 4 rings (SSSR count). The van der Waals surface area contributed by atoms with Gasteiger partial charge in [0.1, 0.15) is 11.4 Å². The van der Waals surface area contributed by atoms with Gasteiger partial charge in [0.2, 0.25) is 17.6 Å². The minimum absolute atomic E-state index is 0.0971. The highest BCUT2D eigenvalue weighted by molar-refractivity contribution is 5.77. The first kappa shape index (κ1) is 17.2. The van der Waals surface area contributed by atoms with Gasteiger partial charge in [-0.3, -0.25) is 9.78 Å². The summed E-state index contributed by atoms with van der Waals surface area (Å²) >= 11 is 0. The number of pyridine rings is 1. The number of methoxy groups -OCH3 is 1. The second kappa shape index (κ2) is 7.57. The molecule has 27 heavy (non-hydrogen) atoms. The van der Waals surface area contributed by atoms with Gasteiger partial charge in [-0.05, 0) is 36.2 Å². The first-order valence-corrected chi connectivity index (χ1v) is 8.88. The Hall–Kier alpha value is -3.22. The Bertz CT molecular complexity index is 902. The zero-order valence-corrected chi connectivity index (χ0v) is 15.0. The quantitative estimate of drug-likeness (QED) is 0.669. The smallest absolute Gasteiger partial charge is 0.233 e. The Kier molecular flexibility index (Phi) is 4.82. The predicted molar refractivity (Wildman–Crippen MR) is 98.2 cm³/mol. The number of amides is 1. The maximum Gasteiger partial charge on any atom is 0.233 e. The largest absolute Gasteiger partial charge is 0.497 e. The molecule has 1 aliphatic heterocycles. The van der Waals surface area contributed by atoms with E-state index in [9.17, 15) is 4.79 Å². The third-order valence-corrected chi connectivity index (χ3v) is 4.71. The number of hydrogen-bond donors (Lipinski definition) is 0. The maximum absolute atomic E-state index is 12.3. The van der Waals surface area contributed by atoms with Crippen molar-refractivity contribution in [2.24, 2.45) is 0 Å². The summed E-state index contributed by atoms with van der Waals surface area (Å²) in [4.78, 5) is 22.8. The van der Waals surface area contributed by atoms with Crippen LogP contribution in [0.2, 0.25) is 0 Å². The average Bonchev–Trinajstić information content (AvgIpc) is 3.16. The van der Waals surface area contributed by atoms with E-state index in [1.807, 2.05) is 47.4 Å². The number of carbonyl (C=O) groups is 1. The lowest BCUT2D eigenvalue weighted by Gasteiger charge is -2.37. The Balaban J connectivity index is 1.27. The van der Waals surface area contributed by atoms with E-state index in [0.29, 0.717) is 43.3 Å². The molecule has 0 bridgehead atoms. The third kappa shape index (κ3) is 3.81. The number of benzene rings is 1. The van der Waals surface area contributed by atoms with E-state index in [0.717, 1.165) is 11.3 Å². The molecule has 1 saturated heterocycles. The van der Waals surface area contributed by atoms with Crippen LogP contribution in [0.4, 0.5) is 0 Å². The van der Waals surface area contributed by atoms with Gasteiger partial charge in [-0.15, -0.1) is 0 Å². The number of likely N-dealkylation sites (tertiary alicyclic amines) is 1. The van der Waals surface area contributed by atoms with Gasteiger partial charge in [0, 0.05) is 25.7 Å². The monoisotopic (exact) mass is 364 g/mol. The highest BCUT2D eigenvalue weighted by Crippen LogP contribution is 2.28. The van der Waals surface area contributed by atoms with Gasteiger partial charge in [0.05, 0.1) is 13.0 Å². The minimum Gasteiger partial charge on any atom is -0.497 e. The number of rotatable bonds is 6. The maximum atomic E-state index is 12.3. The standard InChI is InChI=1S/C20H20N4O3/c1-26-16-8-5-14(6-9-16)7-10-18(25)24-12-15(13-24)20-22-19(23-27-20)17-4-2-3-11-21-17/h2-6,8-9,11,15H,7,10,12-13H2,1H3. The average molecular weight is 364 g/mol. The molecule has 1 aromatic carbocycles. The summed E-state index contributed by atoms with van der Waals surface area (Å²) in [5.74, 6) is 2.11. The first-order chi connectivity index (χ1) is 13.2. The topological polar surface area (TPSA) is 81.4 Å². The first-order valence-electron chi connectivity index (χ1n) is 8.88. The predicted octanol–water partition coefficient (Wildman–Crippen LogP) is 2.70. The van der Waals surface area contributed by atoms with Crippen LogP contribution in [-0.4, -0.2) is 46.1 Å². The van der Waals surface area contributed by atoms with Crippen molar-refractivity contribution in [3.05, 3.63) is 60.1 Å². The summed E-state index contributed by atoms with van der Waals surface area (Å²) in [6, 6.07) is 13.4. The van der Waals surface area contributed by atoms with Crippen molar-refractivity contribution in [2.45, 2.75) is 18.8 Å². The number of nitrogens with zero attached hydrogens (tertiary/aromatic N) is 4. The van der Waals surface area contributed by atoms with Crippen molar-refractivity contribution in [1.29, 1.82) is 0 Å². The lowest BCUT2D eigenvalue weighted by atomic mass is 9.99. The fourth-order valence-electron chi connectivity index (χ4n) is 3.04. The van der Waals surface area contributed by atoms with Crippen LogP contribution >= 0.6 is 0 Å². The second-order valence-corrected chi connectivity index (χ2v) is 6.51. The van der Waals surface area contributed by atoms with Crippen molar-refractivity contribution in [3.8, 4) is 17.3 Å². The number of ether oxygens (including phenoxy) is 1. The summed E-state index contributed by atoms with van der Waals surface area (Å²) in [6.45, 7) is 1.23. The molecule has 1 aliphatic rings. The molecule has 0 aliphatic carbocycles. The van der Waals surface area contributed by atoms with Crippen LogP contribution in [0.15, 0.2) is 53.2 Å². The normalized spacial score (nSPS) is 14.0. The van der Waals surface area contributed by atoms with E-state index >= 15 is 0 Å². The van der Waals surface area contributed by atoms with Crippen LogP contribution in [0.3, 0.4) is 0 Å². The molecule has 7 heteroatoms. The molecule has 2 aromatic heterocycles. The van der Waals surface area contributed by atoms with E-state index < -0.39 is 0 Å². The Morgan fingerprint density at radius 3 is 2.74 bits per heavy atom. The highest BCUT2D eigenvalue weighted by Gasteiger charge is 2.35. The van der Waals surface area contributed by atoms with Crippen LogP contribution in [-0.2, 0) is 11.2 Å². The SMILES string of the molecule is COc1ccc(CCC(=O)N2CC(c3nc(-c4ccccn4)no3)C2)cc1. The van der Waals surface area contributed by atoms with Gasteiger partial charge in [-0.1, -0.05) is 23.4 Å². The summed E-state index contributed by atoms with van der Waals surface area (Å²) in [5, 5.41) is 3.99. The summed E-state index contributed by atoms with van der Waals surface area (Å²) in [5.41, 5.74) is 1.80. The fourth-order valence-corrected chi connectivity index (χ4v) is 3.04. The van der Waals surface area contributed by atoms with Crippen LogP contribution in [0.25, 0.3) is 11.5 Å². The lowest BCUT2D eigenvalue weighted by molar-refractivity contribution is -0.135. The molecule has 0 N–H and O–H groups in total. The van der Waals surface area contributed by atoms with Gasteiger partial charge in [0.25, 0.3) is 0 Å².